The van der Waals surface area contributed by atoms with Gasteiger partial charge >= 0.3 is 0 Å². The van der Waals surface area contributed by atoms with Gasteiger partial charge in [0, 0.05) is 88.1 Å². The van der Waals surface area contributed by atoms with Gasteiger partial charge in [-0.2, -0.15) is 0 Å². The van der Waals surface area contributed by atoms with Gasteiger partial charge in [0.1, 0.15) is 28.9 Å². The van der Waals surface area contributed by atoms with Crippen LogP contribution in [0.15, 0.2) is 82.6 Å². The summed E-state index contributed by atoms with van der Waals surface area (Å²) >= 11 is 0. The summed E-state index contributed by atoms with van der Waals surface area (Å²) in [5, 5.41) is 0. The molecule has 2 unspecified atom stereocenters. The number of carbonyl (C=O) groups excluding carboxylic acids is 3. The zero-order valence-electron chi connectivity index (χ0n) is 37.4. The fourth-order valence-electron chi connectivity index (χ4n) is 8.01. The third kappa shape index (κ3) is 10.9. The van der Waals surface area contributed by atoms with Crippen LogP contribution in [0.5, 0.6) is 11.5 Å². The monoisotopic (exact) mass is 922 g/mol. The van der Waals surface area contributed by atoms with E-state index < -0.39 is 43.1 Å². The van der Waals surface area contributed by atoms with Crippen molar-refractivity contribution in [2.24, 2.45) is 0 Å². The van der Waals surface area contributed by atoms with Crippen molar-refractivity contribution >= 4 is 48.6 Å². The van der Waals surface area contributed by atoms with E-state index in [1.54, 1.807) is 47.9 Å². The quantitative estimate of drug-likeness (QED) is 0.132. The summed E-state index contributed by atoms with van der Waals surface area (Å²) in [6.45, 7) is 13.1. The fraction of sp³-hybridized carbons (Fsp3) is 0.426. The highest BCUT2D eigenvalue weighted by Gasteiger charge is 2.31. The second kappa shape index (κ2) is 19.3. The summed E-state index contributed by atoms with van der Waals surface area (Å²) in [6, 6.07) is 17.8. The normalized spacial score (nSPS) is 15.9. The van der Waals surface area contributed by atoms with Crippen LogP contribution >= 0.6 is 0 Å². The Bertz CT molecular complexity index is 2460. The average molecular weight is 923 g/mol. The first-order valence-corrected chi connectivity index (χ1v) is 25.0. The first-order chi connectivity index (χ1) is 30.0. The molecule has 4 aromatic rings. The van der Waals surface area contributed by atoms with E-state index in [0.717, 1.165) is 12.5 Å². The molecule has 0 aromatic heterocycles. The molecule has 0 bridgehead atoms. The van der Waals surface area contributed by atoms with Crippen molar-refractivity contribution in [3.63, 3.8) is 0 Å². The molecular formula is C47H56F2N4O9S2. The van der Waals surface area contributed by atoms with Crippen LogP contribution < -0.4 is 19.3 Å². The van der Waals surface area contributed by atoms with Crippen molar-refractivity contribution in [1.82, 2.24) is 9.80 Å². The third-order valence-corrected chi connectivity index (χ3v) is 13.8. The van der Waals surface area contributed by atoms with Gasteiger partial charge < -0.3 is 29.1 Å². The van der Waals surface area contributed by atoms with Gasteiger partial charge in [0.05, 0.1) is 33.1 Å². The minimum atomic E-state index is -3.57. The van der Waals surface area contributed by atoms with Crippen molar-refractivity contribution in [3.8, 4) is 11.5 Å². The van der Waals surface area contributed by atoms with E-state index in [-0.39, 0.29) is 99.5 Å². The molecule has 0 N–H and O–H groups in total. The highest BCUT2D eigenvalue weighted by atomic mass is 32.2. The lowest BCUT2D eigenvalue weighted by molar-refractivity contribution is -0.121. The number of benzene rings is 4. The van der Waals surface area contributed by atoms with E-state index in [4.69, 9.17) is 9.47 Å². The number of carbonyl (C=O) groups is 3. The lowest BCUT2D eigenvalue weighted by Gasteiger charge is -2.36. The molecule has 2 fully saturated rings. The van der Waals surface area contributed by atoms with Gasteiger partial charge in [0.15, 0.2) is 19.7 Å². The molecule has 0 saturated carbocycles. The number of sulfone groups is 2. The van der Waals surface area contributed by atoms with E-state index in [9.17, 15) is 31.2 Å². The standard InChI is InChI=1S/C47H56F2N4O9S2/c1-29(2)61-43-15-11-35(63(7,57)58)27-39(43)46(55)52-21-17-50(18-22-52)33-9-13-37(41(48)25-33)31(5)45(54)32(6)38-14-10-34(26-42(38)49)51-19-23-53(24-20-51)47(56)40-28-36(64(8,59)60)12-16-44(40)62-30(3)4/h9-16,25-32H,17-24H2,1-8H3. The summed E-state index contributed by atoms with van der Waals surface area (Å²) < 4.78 is 92.3. The summed E-state index contributed by atoms with van der Waals surface area (Å²) in [4.78, 5) is 48.2. The Morgan fingerprint density at radius 3 is 1.16 bits per heavy atom. The molecule has 2 amide bonds. The molecule has 13 nitrogen and oxygen atoms in total. The van der Waals surface area contributed by atoms with Gasteiger partial charge in [-0.3, -0.25) is 14.4 Å². The first kappa shape index (κ1) is 47.9. The van der Waals surface area contributed by atoms with E-state index in [1.165, 1.54) is 48.5 Å². The predicted octanol–water partition coefficient (Wildman–Crippen LogP) is 6.75. The molecule has 0 spiro atoms. The second-order valence-corrected chi connectivity index (χ2v) is 21.0. The maximum absolute atomic E-state index is 15.8. The second-order valence-electron chi connectivity index (χ2n) is 17.0. The lowest BCUT2D eigenvalue weighted by atomic mass is 9.85. The molecule has 0 aliphatic carbocycles. The minimum absolute atomic E-state index is 0.0104. The fourth-order valence-corrected chi connectivity index (χ4v) is 9.31. The molecule has 2 saturated heterocycles. The number of Topliss-reactive ketones (excluding diaryl/α,β-unsaturated/α-hetero) is 1. The number of rotatable bonds is 14. The Morgan fingerprint density at radius 1 is 0.516 bits per heavy atom. The number of piperazine rings is 2. The van der Waals surface area contributed by atoms with Crippen molar-refractivity contribution in [3.05, 3.63) is 107 Å². The highest BCUT2D eigenvalue weighted by Crippen LogP contribution is 2.34. The van der Waals surface area contributed by atoms with Gasteiger partial charge in [-0.1, -0.05) is 26.0 Å². The SMILES string of the molecule is CC(C)Oc1ccc(S(C)(=O)=O)cc1C(=O)N1CCN(c2ccc(C(C)C(=O)C(C)c3ccc(N4CCN(C(=O)c5cc(S(C)(=O)=O)ccc5OC(C)C)CC4)cc3F)c(F)c2)CC1. The van der Waals surface area contributed by atoms with E-state index in [0.29, 0.717) is 37.6 Å². The van der Waals surface area contributed by atoms with Crippen LogP contribution in [0.3, 0.4) is 0 Å². The number of anilines is 2. The Morgan fingerprint density at radius 2 is 0.859 bits per heavy atom. The van der Waals surface area contributed by atoms with Crippen LogP contribution in [0.1, 0.15) is 85.2 Å². The van der Waals surface area contributed by atoms with Crippen molar-refractivity contribution in [2.75, 3.05) is 74.7 Å². The Hall–Kier alpha value is -5.55. The van der Waals surface area contributed by atoms with Crippen molar-refractivity contribution in [1.29, 1.82) is 0 Å². The molecular weight excluding hydrogens is 867 g/mol. The first-order valence-electron chi connectivity index (χ1n) is 21.3. The van der Waals surface area contributed by atoms with Crippen LogP contribution in [0.4, 0.5) is 20.2 Å². The molecule has 2 aliphatic rings. The van der Waals surface area contributed by atoms with E-state index in [2.05, 4.69) is 0 Å². The maximum Gasteiger partial charge on any atom is 0.257 e. The van der Waals surface area contributed by atoms with Gasteiger partial charge in [-0.05, 0) is 99.5 Å². The summed E-state index contributed by atoms with van der Waals surface area (Å²) in [5.74, 6) is -3.48. The van der Waals surface area contributed by atoms with Crippen molar-refractivity contribution < 1.29 is 49.5 Å². The molecule has 2 aliphatic heterocycles. The average Bonchev–Trinajstić information content (AvgIpc) is 3.24. The van der Waals surface area contributed by atoms with Gasteiger partial charge in [0.2, 0.25) is 0 Å². The Balaban J connectivity index is 1.06. The number of ether oxygens (including phenoxy) is 2. The number of halogens is 2. The van der Waals surface area contributed by atoms with Crippen LogP contribution in [0, 0.1) is 11.6 Å². The van der Waals surface area contributed by atoms with Gasteiger partial charge in [0.25, 0.3) is 11.8 Å². The number of amides is 2. The van der Waals surface area contributed by atoms with Crippen molar-refractivity contribution in [2.45, 2.75) is 75.4 Å². The Labute approximate surface area is 374 Å². The molecule has 344 valence electrons. The van der Waals surface area contributed by atoms with Gasteiger partial charge in [-0.25, -0.2) is 25.6 Å². The number of hydrogen-bond acceptors (Lipinski definition) is 11. The number of nitrogens with zero attached hydrogens (tertiary/aromatic N) is 4. The van der Waals surface area contributed by atoms with Crippen LogP contribution in [-0.2, 0) is 24.5 Å². The lowest BCUT2D eigenvalue weighted by Crippen LogP contribution is -2.49. The molecule has 2 heterocycles. The highest BCUT2D eigenvalue weighted by molar-refractivity contribution is 7.91. The molecule has 17 heteroatoms. The topological polar surface area (TPSA) is 151 Å². The molecule has 64 heavy (non-hydrogen) atoms. The van der Waals surface area contributed by atoms with E-state index in [1.807, 2.05) is 37.5 Å². The molecule has 0 radical (unpaired) electrons. The molecule has 2 atom stereocenters. The van der Waals surface area contributed by atoms with Crippen LogP contribution in [0.25, 0.3) is 0 Å². The zero-order valence-corrected chi connectivity index (χ0v) is 39.1. The maximum atomic E-state index is 15.8. The smallest absolute Gasteiger partial charge is 0.257 e. The largest absolute Gasteiger partial charge is 0.490 e. The number of ketones is 1. The molecule has 4 aromatic carbocycles. The van der Waals surface area contributed by atoms with E-state index >= 15 is 8.78 Å². The minimum Gasteiger partial charge on any atom is -0.490 e. The zero-order chi connectivity index (χ0) is 46.8. The molecule has 6 rings (SSSR count). The summed E-state index contributed by atoms with van der Waals surface area (Å²) in [7, 11) is -7.15. The van der Waals surface area contributed by atoms with Gasteiger partial charge in [-0.15, -0.1) is 0 Å². The summed E-state index contributed by atoms with van der Waals surface area (Å²) in [6.07, 6.45) is 1.66. The Kier molecular flexibility index (Phi) is 14.4. The van der Waals surface area contributed by atoms with Crippen LogP contribution in [0.2, 0.25) is 0 Å². The summed E-state index contributed by atoms with van der Waals surface area (Å²) in [5.41, 5.74) is 1.79. The number of hydrogen-bond donors (Lipinski definition) is 0. The third-order valence-electron chi connectivity index (χ3n) is 11.6. The predicted molar refractivity (Wildman–Crippen MR) is 242 cm³/mol. The van der Waals surface area contributed by atoms with Crippen LogP contribution in [-0.4, -0.2) is 121 Å².